The predicted octanol–water partition coefficient (Wildman–Crippen LogP) is 2.48. The average Bonchev–Trinajstić information content (AvgIpc) is 3.37. The molecule has 0 saturated carbocycles. The lowest BCUT2D eigenvalue weighted by molar-refractivity contribution is -0.0686. The monoisotopic (exact) mass is 492 g/mol. The lowest BCUT2D eigenvalue weighted by atomic mass is 10.2. The van der Waals surface area contributed by atoms with Gasteiger partial charge in [0.05, 0.1) is 31.5 Å². The van der Waals surface area contributed by atoms with Crippen LogP contribution in [0.2, 0.25) is 0 Å². The third-order valence-corrected chi connectivity index (χ3v) is 6.39. The van der Waals surface area contributed by atoms with Crippen LogP contribution in [0.25, 0.3) is 10.9 Å². The quantitative estimate of drug-likeness (QED) is 0.502. The first kappa shape index (κ1) is 24.2. The second-order valence-corrected chi connectivity index (χ2v) is 9.21. The van der Waals surface area contributed by atoms with E-state index in [4.69, 9.17) is 19.2 Å². The van der Waals surface area contributed by atoms with Crippen molar-refractivity contribution in [2.75, 3.05) is 45.2 Å². The molecule has 2 aliphatic heterocycles. The molecule has 36 heavy (non-hydrogen) atoms. The van der Waals surface area contributed by atoms with E-state index in [1.807, 2.05) is 16.7 Å². The lowest BCUT2D eigenvalue weighted by Gasteiger charge is -2.35. The summed E-state index contributed by atoms with van der Waals surface area (Å²) in [5.41, 5.74) is 1.33. The summed E-state index contributed by atoms with van der Waals surface area (Å²) in [6.45, 7) is 8.99. The van der Waals surface area contributed by atoms with Gasteiger partial charge in [-0.25, -0.2) is 4.98 Å². The molecule has 1 amide bonds. The third kappa shape index (κ3) is 5.05. The van der Waals surface area contributed by atoms with Crippen LogP contribution in [0.1, 0.15) is 30.6 Å². The molecule has 2 atom stereocenters. The van der Waals surface area contributed by atoms with Gasteiger partial charge in [0, 0.05) is 50.5 Å². The van der Waals surface area contributed by atoms with Crippen molar-refractivity contribution in [3.8, 4) is 11.5 Å². The third-order valence-electron chi connectivity index (χ3n) is 6.39. The first-order valence-electron chi connectivity index (χ1n) is 12.4. The zero-order valence-corrected chi connectivity index (χ0v) is 20.9. The van der Waals surface area contributed by atoms with Gasteiger partial charge in [-0.3, -0.25) is 19.2 Å². The molecule has 0 bridgehead atoms. The average molecular weight is 493 g/mol. The number of nitrogens with one attached hydrogen (secondary N) is 1. The minimum atomic E-state index is -0.394. The minimum absolute atomic E-state index is 0.249. The van der Waals surface area contributed by atoms with E-state index in [1.165, 1.54) is 6.20 Å². The number of carbonyl (C=O) groups is 1. The normalized spacial score (nSPS) is 20.2. The molecule has 1 N–H and O–H groups in total. The summed E-state index contributed by atoms with van der Waals surface area (Å²) >= 11 is 0. The minimum Gasteiger partial charge on any atom is -0.491 e. The Balaban J connectivity index is 1.40. The Bertz CT molecular complexity index is 1300. The summed E-state index contributed by atoms with van der Waals surface area (Å²) in [5, 5.41) is 4.28. The SMILES string of the molecule is COc1c(OCCCN2C[C@@H](C)O[C@@H](C)C2)ccc2c3n(c(=NC(=O)c4cccnc4)nc12)CCN3. The number of carbonyl (C=O) groups excluding carboxylic acids is 1. The van der Waals surface area contributed by atoms with Crippen LogP contribution in [-0.2, 0) is 11.3 Å². The van der Waals surface area contributed by atoms with Gasteiger partial charge in [-0.05, 0) is 44.5 Å². The maximum Gasteiger partial charge on any atom is 0.281 e. The number of ether oxygens (including phenoxy) is 3. The highest BCUT2D eigenvalue weighted by molar-refractivity contribution is 5.96. The van der Waals surface area contributed by atoms with Gasteiger partial charge in [-0.2, -0.15) is 4.99 Å². The molecule has 1 fully saturated rings. The van der Waals surface area contributed by atoms with Crippen LogP contribution in [0.15, 0.2) is 41.7 Å². The second-order valence-electron chi connectivity index (χ2n) is 9.21. The molecule has 2 aliphatic rings. The van der Waals surface area contributed by atoms with Crippen LogP contribution in [-0.4, -0.2) is 77.4 Å². The van der Waals surface area contributed by atoms with Crippen molar-refractivity contribution >= 4 is 22.6 Å². The summed E-state index contributed by atoms with van der Waals surface area (Å²) in [6, 6.07) is 7.29. The number of rotatable bonds is 7. The van der Waals surface area contributed by atoms with Crippen LogP contribution < -0.4 is 20.4 Å². The van der Waals surface area contributed by atoms with E-state index in [-0.39, 0.29) is 12.2 Å². The number of aromatic nitrogens is 3. The molecule has 3 aromatic rings. The van der Waals surface area contributed by atoms with Gasteiger partial charge in [0.1, 0.15) is 11.3 Å². The molecule has 1 saturated heterocycles. The first-order valence-corrected chi connectivity index (χ1v) is 12.4. The lowest BCUT2D eigenvalue weighted by Crippen LogP contribution is -2.45. The molecule has 10 heteroatoms. The fourth-order valence-corrected chi connectivity index (χ4v) is 4.93. The van der Waals surface area contributed by atoms with Crippen LogP contribution in [0, 0.1) is 0 Å². The number of fused-ring (bicyclic) bond motifs is 3. The van der Waals surface area contributed by atoms with Crippen LogP contribution in [0.4, 0.5) is 5.82 Å². The van der Waals surface area contributed by atoms with E-state index in [1.54, 1.807) is 25.4 Å². The van der Waals surface area contributed by atoms with Gasteiger partial charge >= 0.3 is 0 Å². The van der Waals surface area contributed by atoms with Gasteiger partial charge < -0.3 is 19.5 Å². The van der Waals surface area contributed by atoms with E-state index >= 15 is 0 Å². The van der Waals surface area contributed by atoms with E-state index < -0.39 is 5.91 Å². The van der Waals surface area contributed by atoms with Crippen LogP contribution in [0.3, 0.4) is 0 Å². The Hall–Kier alpha value is -3.50. The highest BCUT2D eigenvalue weighted by Gasteiger charge is 2.23. The standard InChI is InChI=1S/C26H32N6O4/c1-17-15-31(16-18(2)36-17)11-5-13-35-21-8-7-20-22(23(21)34-3)29-26(32-12-10-28-24(20)32)30-25(33)19-6-4-9-27-14-19/h4,6-9,14,17-18,28H,5,10-13,15-16H2,1-3H3/t17-,18+. The van der Waals surface area contributed by atoms with Gasteiger partial charge in [0.15, 0.2) is 11.5 Å². The molecule has 190 valence electrons. The first-order chi connectivity index (χ1) is 17.5. The van der Waals surface area contributed by atoms with E-state index in [2.05, 4.69) is 34.0 Å². The number of hydrogen-bond acceptors (Lipinski definition) is 8. The summed E-state index contributed by atoms with van der Waals surface area (Å²) in [4.78, 5) is 28.3. The molecule has 5 rings (SSSR count). The number of benzene rings is 1. The Labute approximate surface area is 209 Å². The van der Waals surface area contributed by atoms with Crippen molar-refractivity contribution in [2.45, 2.75) is 39.0 Å². The number of hydrogen-bond donors (Lipinski definition) is 1. The van der Waals surface area contributed by atoms with Crippen molar-refractivity contribution in [2.24, 2.45) is 4.99 Å². The van der Waals surface area contributed by atoms with Gasteiger partial charge in [0.25, 0.3) is 5.91 Å². The van der Waals surface area contributed by atoms with Crippen molar-refractivity contribution < 1.29 is 19.0 Å². The van der Waals surface area contributed by atoms with Crippen molar-refractivity contribution in [1.29, 1.82) is 0 Å². The van der Waals surface area contributed by atoms with Gasteiger partial charge in [-0.15, -0.1) is 0 Å². The molecule has 2 aromatic heterocycles. The van der Waals surface area contributed by atoms with Gasteiger partial charge in [0.2, 0.25) is 5.62 Å². The molecule has 10 nitrogen and oxygen atoms in total. The molecular weight excluding hydrogens is 460 g/mol. The molecule has 0 unspecified atom stereocenters. The number of amides is 1. The fourth-order valence-electron chi connectivity index (χ4n) is 4.93. The highest BCUT2D eigenvalue weighted by atomic mass is 16.5. The van der Waals surface area contributed by atoms with E-state index in [9.17, 15) is 4.79 Å². The predicted molar refractivity (Wildman–Crippen MR) is 135 cm³/mol. The molecule has 1 aromatic carbocycles. The fraction of sp³-hybridized carbons (Fsp3) is 0.462. The molecular formula is C26H32N6O4. The summed E-state index contributed by atoms with van der Waals surface area (Å²) < 4.78 is 19.6. The van der Waals surface area contributed by atoms with E-state index in [0.29, 0.717) is 41.3 Å². The zero-order valence-electron chi connectivity index (χ0n) is 20.9. The number of morpholine rings is 1. The van der Waals surface area contributed by atoms with Crippen molar-refractivity contribution in [1.82, 2.24) is 19.4 Å². The van der Waals surface area contributed by atoms with Crippen LogP contribution in [0.5, 0.6) is 11.5 Å². The topological polar surface area (TPSA) is 103 Å². The van der Waals surface area contributed by atoms with Crippen molar-refractivity contribution in [3.63, 3.8) is 0 Å². The highest BCUT2D eigenvalue weighted by Crippen LogP contribution is 2.37. The molecule has 4 heterocycles. The number of pyridine rings is 1. The number of methoxy groups -OCH3 is 1. The summed E-state index contributed by atoms with van der Waals surface area (Å²) in [6.07, 6.45) is 4.50. The molecule has 0 aliphatic carbocycles. The molecule has 0 radical (unpaired) electrons. The summed E-state index contributed by atoms with van der Waals surface area (Å²) in [5.74, 6) is 1.62. The zero-order chi connectivity index (χ0) is 25.1. The van der Waals surface area contributed by atoms with Crippen molar-refractivity contribution in [3.05, 3.63) is 47.8 Å². The largest absolute Gasteiger partial charge is 0.491 e. The maximum absolute atomic E-state index is 12.8. The Kier molecular flexibility index (Phi) is 7.15. The number of nitrogens with zero attached hydrogens (tertiary/aromatic N) is 5. The Morgan fingerprint density at radius 2 is 2.08 bits per heavy atom. The maximum atomic E-state index is 12.8. The second kappa shape index (κ2) is 10.6. The van der Waals surface area contributed by atoms with E-state index in [0.717, 1.165) is 43.8 Å². The summed E-state index contributed by atoms with van der Waals surface area (Å²) in [7, 11) is 1.60. The van der Waals surface area contributed by atoms with Crippen LogP contribution >= 0.6 is 0 Å². The number of anilines is 1. The Morgan fingerprint density at radius 3 is 2.83 bits per heavy atom. The molecule has 0 spiro atoms. The van der Waals surface area contributed by atoms with Gasteiger partial charge in [-0.1, -0.05) is 0 Å². The Morgan fingerprint density at radius 1 is 1.25 bits per heavy atom. The smallest absolute Gasteiger partial charge is 0.281 e.